The normalized spacial score (nSPS) is 11.3. The van der Waals surface area contributed by atoms with Crippen LogP contribution in [0.1, 0.15) is 206 Å². The van der Waals surface area contributed by atoms with Crippen molar-refractivity contribution >= 4 is 47.0 Å². The molecule has 0 aromatic heterocycles. The fourth-order valence-electron chi connectivity index (χ4n) is 6.69. The highest BCUT2D eigenvalue weighted by molar-refractivity contribution is 6.18. The molecule has 0 spiro atoms. The summed E-state index contributed by atoms with van der Waals surface area (Å²) in [5.41, 5.74) is -2.81. The third-order valence-electron chi connectivity index (χ3n) is 10.7. The van der Waals surface area contributed by atoms with Crippen molar-refractivity contribution in [3.8, 4) is 11.5 Å². The van der Waals surface area contributed by atoms with E-state index >= 15 is 0 Å². The number of benzene rings is 4. The second-order valence-corrected chi connectivity index (χ2v) is 18.4. The second-order valence-electron chi connectivity index (χ2n) is 18.4. The maximum absolute atomic E-state index is 14.3. The highest BCUT2D eigenvalue weighted by Gasteiger charge is 2.31. The predicted molar refractivity (Wildman–Crippen MR) is 249 cm³/mol. The van der Waals surface area contributed by atoms with E-state index in [1.54, 1.807) is 41.5 Å². The van der Waals surface area contributed by atoms with Gasteiger partial charge in [-0.1, -0.05) is 102 Å². The van der Waals surface area contributed by atoms with Crippen LogP contribution in [-0.2, 0) is 19.4 Å². The smallest absolute Gasteiger partial charge is 0.387 e. The Morgan fingerprint density at radius 1 is 0.409 bits per heavy atom. The maximum atomic E-state index is 14.3. The van der Waals surface area contributed by atoms with Crippen LogP contribution in [-0.4, -0.2) is 47.0 Å². The fourth-order valence-corrected chi connectivity index (χ4v) is 6.69. The van der Waals surface area contributed by atoms with Crippen LogP contribution >= 0.6 is 0 Å². The van der Waals surface area contributed by atoms with Gasteiger partial charge in [0.2, 0.25) is 0 Å². The van der Waals surface area contributed by atoms with Crippen molar-refractivity contribution in [1.29, 1.82) is 0 Å². The molecule has 0 aliphatic rings. The van der Waals surface area contributed by atoms with Crippen LogP contribution in [0.25, 0.3) is 0 Å². The Labute approximate surface area is 387 Å². The molecule has 0 amide bonds. The summed E-state index contributed by atoms with van der Waals surface area (Å²) in [4.78, 5) is 119. The van der Waals surface area contributed by atoms with Crippen LogP contribution in [0.15, 0.2) is 84.9 Å². The van der Waals surface area contributed by atoms with Crippen LogP contribution in [0.5, 0.6) is 11.5 Å². The molecule has 0 saturated heterocycles. The molecule has 0 saturated carbocycles. The molecule has 12 heteroatoms. The van der Waals surface area contributed by atoms with Gasteiger partial charge in [-0.2, -0.15) is 0 Å². The first kappa shape index (κ1) is 52.1. The van der Waals surface area contributed by atoms with Crippen LogP contribution in [0.3, 0.4) is 0 Å². The molecule has 4 rings (SSSR count). The first-order chi connectivity index (χ1) is 31.3. The highest BCUT2D eigenvalue weighted by Crippen LogP contribution is 2.31. The summed E-state index contributed by atoms with van der Waals surface area (Å²) in [7, 11) is 0. The first-order valence-electron chi connectivity index (χ1n) is 22.8. The number of esters is 2. The molecule has 0 bridgehead atoms. The summed E-state index contributed by atoms with van der Waals surface area (Å²) < 4.78 is 11.3. The van der Waals surface area contributed by atoms with E-state index in [-0.39, 0.29) is 80.4 Å². The van der Waals surface area contributed by atoms with Gasteiger partial charge in [0.05, 0.1) is 33.1 Å². The summed E-state index contributed by atoms with van der Waals surface area (Å²) >= 11 is 0. The Morgan fingerprint density at radius 2 is 0.742 bits per heavy atom. The van der Waals surface area contributed by atoms with E-state index in [0.717, 1.165) is 51.4 Å². The molecule has 0 heterocycles. The van der Waals surface area contributed by atoms with Crippen LogP contribution in [0, 0.1) is 10.8 Å². The standard InChI is InChI=1S/C54H62O12/c1-9-11-13-15-17-27-43(55)35-29-31-45(63-51(61)53(3,4)5)41(33-35)47(57)37-23-19-21-25-39(37)49(59)65-66-50(60)40-26-22-20-24-38(40)48(58)42-34-36(44(56)28-18-16-14-12-10-2)30-32-46(42)64-52(62)54(6,7)8/h19-26,29-34H,9-18,27-28H2,1-8H3. The molecule has 66 heavy (non-hydrogen) atoms. The van der Waals surface area contributed by atoms with Gasteiger partial charge in [0.15, 0.2) is 23.1 Å². The van der Waals surface area contributed by atoms with Crippen molar-refractivity contribution in [2.24, 2.45) is 10.8 Å². The number of carbonyl (C=O) groups is 8. The molecule has 0 fully saturated rings. The molecule has 0 aliphatic heterocycles. The Hall–Kier alpha value is -6.56. The van der Waals surface area contributed by atoms with E-state index in [9.17, 15) is 38.4 Å². The molecule has 12 nitrogen and oxygen atoms in total. The lowest BCUT2D eigenvalue weighted by atomic mass is 9.94. The van der Waals surface area contributed by atoms with Crippen molar-refractivity contribution < 1.29 is 57.6 Å². The van der Waals surface area contributed by atoms with E-state index in [2.05, 4.69) is 13.8 Å². The van der Waals surface area contributed by atoms with Gasteiger partial charge in [-0.3, -0.25) is 28.8 Å². The third kappa shape index (κ3) is 14.5. The van der Waals surface area contributed by atoms with Crippen molar-refractivity contribution in [2.75, 3.05) is 0 Å². The summed E-state index contributed by atoms with van der Waals surface area (Å²) in [6.45, 7) is 14.1. The second kappa shape index (κ2) is 24.1. The number of rotatable bonds is 22. The molecular formula is C54H62O12. The molecule has 0 radical (unpaired) electrons. The van der Waals surface area contributed by atoms with E-state index in [1.165, 1.54) is 84.9 Å². The van der Waals surface area contributed by atoms with Crippen LogP contribution in [0.4, 0.5) is 0 Å². The van der Waals surface area contributed by atoms with E-state index < -0.39 is 46.3 Å². The largest absolute Gasteiger partial charge is 0.425 e. The lowest BCUT2D eigenvalue weighted by Gasteiger charge is -2.19. The minimum absolute atomic E-state index is 0.121. The quantitative estimate of drug-likeness (QED) is 0.0183. The van der Waals surface area contributed by atoms with E-state index in [1.807, 2.05) is 0 Å². The predicted octanol–water partition coefficient (Wildman–Crippen LogP) is 12.1. The lowest BCUT2D eigenvalue weighted by molar-refractivity contribution is -0.187. The van der Waals surface area contributed by atoms with Crippen LogP contribution < -0.4 is 9.47 Å². The SMILES string of the molecule is CCCCCCCC(=O)c1ccc(OC(=O)C(C)(C)C)c(C(=O)c2ccccc2C(=O)OOC(=O)c2ccccc2C(=O)c2cc(C(=O)CCCCCCC)ccc2OC(=O)C(C)(C)C)c1. The molecule has 4 aromatic carbocycles. The monoisotopic (exact) mass is 902 g/mol. The van der Waals surface area contributed by atoms with Gasteiger partial charge in [-0.15, -0.1) is 0 Å². The number of Topliss-reactive ketones (excluding diaryl/α,β-unsaturated/α-hetero) is 2. The molecule has 0 atom stereocenters. The van der Waals surface area contributed by atoms with Gasteiger partial charge in [-0.05, 0) is 103 Å². The number of carbonyl (C=O) groups excluding carboxylic acids is 8. The number of hydrogen-bond donors (Lipinski definition) is 0. The van der Waals surface area contributed by atoms with Gasteiger partial charge in [0.1, 0.15) is 11.5 Å². The zero-order valence-corrected chi connectivity index (χ0v) is 39.5. The van der Waals surface area contributed by atoms with Crippen molar-refractivity contribution in [3.63, 3.8) is 0 Å². The number of ether oxygens (including phenoxy) is 2. The Bertz CT molecular complexity index is 2260. The third-order valence-corrected chi connectivity index (χ3v) is 10.7. The summed E-state index contributed by atoms with van der Waals surface area (Å²) in [6.07, 6.45) is 9.80. The van der Waals surface area contributed by atoms with Crippen molar-refractivity contribution in [3.05, 3.63) is 129 Å². The Morgan fingerprint density at radius 3 is 1.08 bits per heavy atom. The number of hydrogen-bond acceptors (Lipinski definition) is 12. The first-order valence-corrected chi connectivity index (χ1v) is 22.8. The van der Waals surface area contributed by atoms with Crippen molar-refractivity contribution in [1.82, 2.24) is 0 Å². The van der Waals surface area contributed by atoms with E-state index in [4.69, 9.17) is 19.2 Å². The zero-order chi connectivity index (χ0) is 48.6. The number of ketones is 4. The Balaban J connectivity index is 1.62. The molecule has 4 aromatic rings. The summed E-state index contributed by atoms with van der Waals surface area (Å²) in [5, 5.41) is 0. The molecule has 0 aliphatic carbocycles. The summed E-state index contributed by atoms with van der Waals surface area (Å²) in [5.74, 6) is -5.98. The fraction of sp³-hybridized carbons (Fsp3) is 0.407. The van der Waals surface area contributed by atoms with Gasteiger partial charge < -0.3 is 9.47 Å². The Kier molecular flexibility index (Phi) is 19.0. The maximum Gasteiger partial charge on any atom is 0.387 e. The molecule has 0 N–H and O–H groups in total. The average molecular weight is 903 g/mol. The minimum Gasteiger partial charge on any atom is -0.425 e. The number of unbranched alkanes of at least 4 members (excludes halogenated alkanes) is 8. The summed E-state index contributed by atoms with van der Waals surface area (Å²) in [6, 6.07) is 19.5. The molecule has 0 unspecified atom stereocenters. The highest BCUT2D eigenvalue weighted by atomic mass is 17.2. The van der Waals surface area contributed by atoms with Gasteiger partial charge in [-0.25, -0.2) is 19.4 Å². The molecule has 350 valence electrons. The van der Waals surface area contributed by atoms with Gasteiger partial charge in [0.25, 0.3) is 0 Å². The van der Waals surface area contributed by atoms with Crippen molar-refractivity contribution in [2.45, 2.75) is 132 Å². The van der Waals surface area contributed by atoms with E-state index in [0.29, 0.717) is 12.8 Å². The van der Waals surface area contributed by atoms with Gasteiger partial charge in [0, 0.05) is 35.1 Å². The topological polar surface area (TPSA) is 173 Å². The zero-order valence-electron chi connectivity index (χ0n) is 39.5. The van der Waals surface area contributed by atoms with Crippen LogP contribution in [0.2, 0.25) is 0 Å². The lowest BCUT2D eigenvalue weighted by Crippen LogP contribution is -2.26. The van der Waals surface area contributed by atoms with Gasteiger partial charge >= 0.3 is 23.9 Å². The molecular weight excluding hydrogens is 841 g/mol. The average Bonchev–Trinajstić information content (AvgIpc) is 3.29. The minimum atomic E-state index is -1.25.